The molecule has 0 atom stereocenters. The number of nitrogens with two attached hydrogens (primary N) is 1. The van der Waals surface area contributed by atoms with Gasteiger partial charge >= 0.3 is 6.36 Å². The van der Waals surface area contributed by atoms with Crippen LogP contribution in [0.2, 0.25) is 5.02 Å². The molecule has 0 bridgehead atoms. The molecule has 3 aromatic rings. The fraction of sp³-hybridized carbons (Fsp3) is 0.100. The van der Waals surface area contributed by atoms with E-state index in [2.05, 4.69) is 15.0 Å². The number of alkyl halides is 3. The third-order valence-corrected chi connectivity index (χ3v) is 4.74. The maximum Gasteiger partial charge on any atom is 0.573 e. The largest absolute Gasteiger partial charge is 0.573 e. The number of nitrogens with zero attached hydrogens (tertiary/aromatic N) is 1. The Morgan fingerprint density at radius 3 is 2.55 bits per heavy atom. The summed E-state index contributed by atoms with van der Waals surface area (Å²) in [4.78, 5) is 17.1. The number of pyridine rings is 1. The molecule has 3 rings (SSSR count). The molecule has 0 spiro atoms. The molecule has 31 heavy (non-hydrogen) atoms. The summed E-state index contributed by atoms with van der Waals surface area (Å²) >= 11 is 7.23. The van der Waals surface area contributed by atoms with Gasteiger partial charge in [-0.25, -0.2) is 4.98 Å². The van der Waals surface area contributed by atoms with E-state index in [4.69, 9.17) is 21.5 Å². The van der Waals surface area contributed by atoms with Crippen LogP contribution in [0, 0.1) is 0 Å². The highest BCUT2D eigenvalue weighted by Gasteiger charge is 2.31. The molecule has 0 aliphatic heterocycles. The normalized spacial score (nSPS) is 11.1. The van der Waals surface area contributed by atoms with E-state index in [0.717, 1.165) is 34.5 Å². The lowest BCUT2D eigenvalue weighted by Gasteiger charge is -2.11. The van der Waals surface area contributed by atoms with Gasteiger partial charge in [0.05, 0.1) is 5.56 Å². The van der Waals surface area contributed by atoms with Crippen molar-refractivity contribution in [2.75, 3.05) is 0 Å². The maximum absolute atomic E-state index is 12.3. The zero-order valence-electron chi connectivity index (χ0n) is 15.7. The molecule has 3 N–H and O–H groups in total. The summed E-state index contributed by atoms with van der Waals surface area (Å²) in [5.41, 5.74) is 0.994. The van der Waals surface area contributed by atoms with Gasteiger partial charge < -0.3 is 14.8 Å². The molecular formula is C20H15ClF3N3O3S. The van der Waals surface area contributed by atoms with Gasteiger partial charge in [-0.15, -0.1) is 13.2 Å². The van der Waals surface area contributed by atoms with Gasteiger partial charge in [0.15, 0.2) is 0 Å². The van der Waals surface area contributed by atoms with E-state index in [-0.39, 0.29) is 29.6 Å². The summed E-state index contributed by atoms with van der Waals surface area (Å²) in [7, 11) is 0. The van der Waals surface area contributed by atoms with Gasteiger partial charge in [-0.2, -0.15) is 0 Å². The predicted octanol–water partition coefficient (Wildman–Crippen LogP) is 5.32. The number of hydrogen-bond donors (Lipinski definition) is 2. The smallest absolute Gasteiger partial charge is 0.439 e. The molecule has 11 heteroatoms. The highest BCUT2D eigenvalue weighted by molar-refractivity contribution is 7.97. The lowest BCUT2D eigenvalue weighted by atomic mass is 10.2. The number of carbonyl (C=O) groups is 1. The second kappa shape index (κ2) is 9.90. The van der Waals surface area contributed by atoms with E-state index in [1.165, 1.54) is 30.5 Å². The van der Waals surface area contributed by atoms with Crippen molar-refractivity contribution >= 4 is 29.5 Å². The van der Waals surface area contributed by atoms with Crippen LogP contribution < -0.4 is 19.9 Å². The van der Waals surface area contributed by atoms with Crippen LogP contribution in [0.15, 0.2) is 65.7 Å². The van der Waals surface area contributed by atoms with Crippen LogP contribution in [-0.4, -0.2) is 17.3 Å². The number of carbonyl (C=O) groups excluding carboxylic acids is 1. The molecule has 0 unspecified atom stereocenters. The Bertz CT molecular complexity index is 1070. The van der Waals surface area contributed by atoms with Crippen LogP contribution in [0.3, 0.4) is 0 Å². The van der Waals surface area contributed by atoms with Crippen molar-refractivity contribution in [3.63, 3.8) is 0 Å². The molecular weight excluding hydrogens is 455 g/mol. The highest BCUT2D eigenvalue weighted by Crippen LogP contribution is 2.28. The first-order valence-corrected chi connectivity index (χ1v) is 9.92. The van der Waals surface area contributed by atoms with E-state index in [9.17, 15) is 18.0 Å². The zero-order chi connectivity index (χ0) is 22.4. The second-order valence-electron chi connectivity index (χ2n) is 6.06. The lowest BCUT2D eigenvalue weighted by Crippen LogP contribution is -2.23. The Morgan fingerprint density at radius 2 is 1.90 bits per heavy atom. The molecule has 1 amide bonds. The first kappa shape index (κ1) is 22.7. The number of ether oxygens (including phenoxy) is 2. The Hall–Kier alpha value is -2.95. The highest BCUT2D eigenvalue weighted by atomic mass is 35.5. The van der Waals surface area contributed by atoms with Crippen LogP contribution in [0.25, 0.3) is 0 Å². The van der Waals surface area contributed by atoms with Crippen LogP contribution in [-0.2, 0) is 6.54 Å². The number of halogens is 4. The van der Waals surface area contributed by atoms with Crippen molar-refractivity contribution in [3.8, 4) is 17.4 Å². The Morgan fingerprint density at radius 1 is 1.13 bits per heavy atom. The van der Waals surface area contributed by atoms with Crippen LogP contribution in [0.5, 0.6) is 17.4 Å². The van der Waals surface area contributed by atoms with Gasteiger partial charge in [0.25, 0.3) is 5.91 Å². The van der Waals surface area contributed by atoms with Crippen LogP contribution >= 0.6 is 23.5 Å². The molecule has 0 aliphatic carbocycles. The van der Waals surface area contributed by atoms with Crippen molar-refractivity contribution in [2.24, 2.45) is 5.14 Å². The van der Waals surface area contributed by atoms with E-state index < -0.39 is 12.1 Å². The van der Waals surface area contributed by atoms with Crippen molar-refractivity contribution in [2.45, 2.75) is 17.8 Å². The Labute approximate surface area is 184 Å². The van der Waals surface area contributed by atoms with Crippen LogP contribution in [0.4, 0.5) is 13.2 Å². The van der Waals surface area contributed by atoms with Gasteiger partial charge in [-0.1, -0.05) is 23.7 Å². The standard InChI is InChI=1S/C20H15ClF3N3O3S/c21-17-9-16(31-25)6-4-12(17)10-27-19(28)13-5-7-18(26-11-13)29-14-2-1-3-15(8-14)30-20(22,23)24/h1-9,11H,10,25H2,(H,27,28). The third-order valence-electron chi connectivity index (χ3n) is 3.86. The van der Waals surface area contributed by atoms with Gasteiger partial charge in [0.1, 0.15) is 11.5 Å². The van der Waals surface area contributed by atoms with Gasteiger partial charge in [-0.3, -0.25) is 9.93 Å². The fourth-order valence-electron chi connectivity index (χ4n) is 2.45. The third kappa shape index (κ3) is 6.78. The summed E-state index contributed by atoms with van der Waals surface area (Å²) in [5.74, 6) is -0.607. The van der Waals surface area contributed by atoms with Gasteiger partial charge in [0, 0.05) is 34.8 Å². The van der Waals surface area contributed by atoms with Gasteiger partial charge in [0.2, 0.25) is 5.88 Å². The van der Waals surface area contributed by atoms with Crippen molar-refractivity contribution in [1.82, 2.24) is 10.3 Å². The maximum atomic E-state index is 12.3. The first-order valence-electron chi connectivity index (χ1n) is 8.66. The monoisotopic (exact) mass is 469 g/mol. The van der Waals surface area contributed by atoms with E-state index in [0.29, 0.717) is 5.02 Å². The number of amides is 1. The van der Waals surface area contributed by atoms with E-state index >= 15 is 0 Å². The molecule has 1 heterocycles. The van der Waals surface area contributed by atoms with Crippen molar-refractivity contribution in [1.29, 1.82) is 0 Å². The number of benzene rings is 2. The van der Waals surface area contributed by atoms with Crippen molar-refractivity contribution in [3.05, 3.63) is 76.9 Å². The predicted molar refractivity (Wildman–Crippen MR) is 110 cm³/mol. The average Bonchev–Trinajstić information content (AvgIpc) is 2.72. The molecule has 2 aromatic carbocycles. The minimum atomic E-state index is -4.80. The molecule has 6 nitrogen and oxygen atoms in total. The molecule has 0 fully saturated rings. The minimum Gasteiger partial charge on any atom is -0.439 e. The SMILES string of the molecule is NSc1ccc(CNC(=O)c2ccc(Oc3cccc(OC(F)(F)F)c3)nc2)c(Cl)c1. The minimum absolute atomic E-state index is 0.0960. The average molecular weight is 470 g/mol. The zero-order valence-corrected chi connectivity index (χ0v) is 17.2. The molecule has 0 saturated carbocycles. The molecule has 162 valence electrons. The van der Waals surface area contributed by atoms with Crippen LogP contribution in [0.1, 0.15) is 15.9 Å². The topological polar surface area (TPSA) is 86.5 Å². The summed E-state index contributed by atoms with van der Waals surface area (Å²) < 4.78 is 46.2. The quantitative estimate of drug-likeness (QED) is 0.455. The Balaban J connectivity index is 1.60. The van der Waals surface area contributed by atoms with E-state index in [1.807, 2.05) is 0 Å². The first-order chi connectivity index (χ1) is 14.7. The fourth-order valence-corrected chi connectivity index (χ4v) is 3.10. The van der Waals surface area contributed by atoms with Crippen molar-refractivity contribution < 1.29 is 27.4 Å². The Kier molecular flexibility index (Phi) is 7.26. The molecule has 0 aliphatic rings. The van der Waals surface area contributed by atoms with E-state index in [1.54, 1.807) is 18.2 Å². The summed E-state index contributed by atoms with van der Waals surface area (Å²) in [6.07, 6.45) is -3.52. The summed E-state index contributed by atoms with van der Waals surface area (Å²) in [6, 6.07) is 13.2. The molecule has 1 aromatic heterocycles. The number of nitrogens with one attached hydrogen (secondary N) is 1. The number of hydrogen-bond acceptors (Lipinski definition) is 6. The molecule has 0 saturated heterocycles. The lowest BCUT2D eigenvalue weighted by molar-refractivity contribution is -0.274. The van der Waals surface area contributed by atoms with Gasteiger partial charge in [-0.05, 0) is 47.8 Å². The second-order valence-corrected chi connectivity index (χ2v) is 7.18. The summed E-state index contributed by atoms with van der Waals surface area (Å²) in [6.45, 7) is 0.206. The summed E-state index contributed by atoms with van der Waals surface area (Å²) in [5, 5.41) is 8.69. The number of rotatable bonds is 7. The molecule has 0 radical (unpaired) electrons. The number of aromatic nitrogens is 1.